The lowest BCUT2D eigenvalue weighted by Gasteiger charge is -2.34. The Hall–Kier alpha value is -2.79. The van der Waals surface area contributed by atoms with Crippen LogP contribution in [0.2, 0.25) is 0 Å². The normalized spacial score (nSPS) is 24.8. The summed E-state index contributed by atoms with van der Waals surface area (Å²) in [5, 5.41) is 4.85. The maximum atomic E-state index is 12.5. The zero-order valence-corrected chi connectivity index (χ0v) is 14.3. The SMILES string of the molecule is NC1=NC(=S)NC(=O)C1C(c1cccnc1)C1C(=O)NC(=S)N=C1N. The van der Waals surface area contributed by atoms with Crippen molar-refractivity contribution in [3.8, 4) is 0 Å². The Morgan fingerprint density at radius 3 is 1.92 bits per heavy atom. The maximum absolute atomic E-state index is 12.5. The molecule has 11 heteroatoms. The van der Waals surface area contributed by atoms with Crippen LogP contribution >= 0.6 is 24.4 Å². The van der Waals surface area contributed by atoms with Gasteiger partial charge in [-0.05, 0) is 36.1 Å². The van der Waals surface area contributed by atoms with Crippen molar-refractivity contribution >= 4 is 58.1 Å². The first-order chi connectivity index (χ1) is 11.9. The molecule has 128 valence electrons. The molecule has 0 radical (unpaired) electrons. The molecule has 2 unspecified atom stereocenters. The fraction of sp³-hybridized carbons (Fsp3) is 0.214. The van der Waals surface area contributed by atoms with Gasteiger partial charge in [0.1, 0.15) is 23.5 Å². The molecular formula is C14H13N7O2S2. The largest absolute Gasteiger partial charge is 0.386 e. The second kappa shape index (κ2) is 6.61. The molecule has 2 aliphatic heterocycles. The summed E-state index contributed by atoms with van der Waals surface area (Å²) in [6, 6.07) is 3.40. The van der Waals surface area contributed by atoms with Gasteiger partial charge in [-0.2, -0.15) is 0 Å². The summed E-state index contributed by atoms with van der Waals surface area (Å²) in [5.41, 5.74) is 12.5. The summed E-state index contributed by atoms with van der Waals surface area (Å²) in [6.45, 7) is 0. The molecule has 1 aromatic heterocycles. The minimum absolute atomic E-state index is 0.00338. The van der Waals surface area contributed by atoms with Gasteiger partial charge >= 0.3 is 0 Å². The number of hydrogen-bond acceptors (Lipinski definition) is 7. The zero-order valence-electron chi connectivity index (χ0n) is 12.7. The van der Waals surface area contributed by atoms with Crippen LogP contribution in [0.5, 0.6) is 0 Å². The van der Waals surface area contributed by atoms with E-state index in [0.29, 0.717) is 5.56 Å². The molecule has 3 heterocycles. The quantitative estimate of drug-likeness (QED) is 0.492. The minimum Gasteiger partial charge on any atom is -0.386 e. The van der Waals surface area contributed by atoms with Crippen molar-refractivity contribution in [2.24, 2.45) is 33.3 Å². The number of thiocarbonyl (C=S) groups is 2. The van der Waals surface area contributed by atoms with E-state index in [1.807, 2.05) is 0 Å². The Morgan fingerprint density at radius 1 is 1.00 bits per heavy atom. The second-order valence-corrected chi connectivity index (χ2v) is 6.20. The van der Waals surface area contributed by atoms with Crippen LogP contribution in [0.25, 0.3) is 0 Å². The van der Waals surface area contributed by atoms with Crippen LogP contribution in [0.3, 0.4) is 0 Å². The molecule has 0 fully saturated rings. The van der Waals surface area contributed by atoms with Crippen LogP contribution in [-0.2, 0) is 9.59 Å². The van der Waals surface area contributed by atoms with Crippen LogP contribution < -0.4 is 22.1 Å². The van der Waals surface area contributed by atoms with Crippen molar-refractivity contribution in [2.45, 2.75) is 5.92 Å². The molecule has 1 aromatic rings. The van der Waals surface area contributed by atoms with Crippen molar-refractivity contribution in [3.63, 3.8) is 0 Å². The second-order valence-electron chi connectivity index (χ2n) is 5.43. The fourth-order valence-corrected chi connectivity index (χ4v) is 3.32. The van der Waals surface area contributed by atoms with Crippen molar-refractivity contribution in [1.29, 1.82) is 0 Å². The van der Waals surface area contributed by atoms with E-state index in [2.05, 4.69) is 25.6 Å². The predicted octanol–water partition coefficient (Wildman–Crippen LogP) is -1.06. The van der Waals surface area contributed by atoms with Crippen LogP contribution in [0.4, 0.5) is 0 Å². The third-order valence-corrected chi connectivity index (χ3v) is 4.30. The van der Waals surface area contributed by atoms with Gasteiger partial charge in [0.2, 0.25) is 22.0 Å². The Kier molecular flexibility index (Phi) is 4.51. The average Bonchev–Trinajstić information content (AvgIpc) is 2.52. The van der Waals surface area contributed by atoms with E-state index < -0.39 is 29.6 Å². The first kappa shape index (κ1) is 17.0. The van der Waals surface area contributed by atoms with Crippen LogP contribution in [0.1, 0.15) is 11.5 Å². The fourth-order valence-electron chi connectivity index (χ4n) is 2.91. The van der Waals surface area contributed by atoms with Gasteiger partial charge in [-0.25, -0.2) is 9.98 Å². The molecule has 25 heavy (non-hydrogen) atoms. The van der Waals surface area contributed by atoms with Gasteiger partial charge in [-0.15, -0.1) is 0 Å². The van der Waals surface area contributed by atoms with Crippen LogP contribution in [0.15, 0.2) is 34.5 Å². The third-order valence-electron chi connectivity index (χ3n) is 3.91. The number of carbonyl (C=O) groups excluding carboxylic acids is 2. The molecule has 2 amide bonds. The molecule has 0 aliphatic carbocycles. The number of hydrogen-bond donors (Lipinski definition) is 4. The standard InChI is InChI=1S/C14H13N7O2S2/c15-9-7(11(22)20-13(24)18-9)6(5-2-1-3-17-4-5)8-10(16)19-14(25)21-12(8)23/h1-4,6-8H,(H3,15,18,20,22,24)(H3,16,19,21,23,25). The number of aliphatic imine (C=N–C) groups is 2. The van der Waals surface area contributed by atoms with Crippen molar-refractivity contribution in [3.05, 3.63) is 30.1 Å². The summed E-state index contributed by atoms with van der Waals surface area (Å²) >= 11 is 9.76. The molecule has 0 saturated carbocycles. The molecular weight excluding hydrogens is 362 g/mol. The minimum atomic E-state index is -0.966. The lowest BCUT2D eigenvalue weighted by atomic mass is 9.74. The summed E-state index contributed by atoms with van der Waals surface area (Å²) in [7, 11) is 0. The van der Waals surface area contributed by atoms with Gasteiger partial charge in [0.05, 0.1) is 0 Å². The van der Waals surface area contributed by atoms with E-state index in [1.165, 1.54) is 6.20 Å². The number of carbonyl (C=O) groups is 2. The summed E-state index contributed by atoms with van der Waals surface area (Å²) in [5.74, 6) is -3.65. The first-order valence-corrected chi connectivity index (χ1v) is 7.98. The molecule has 0 saturated heterocycles. The maximum Gasteiger partial charge on any atom is 0.237 e. The molecule has 6 N–H and O–H groups in total. The number of pyridine rings is 1. The number of aromatic nitrogens is 1. The molecule has 0 aromatic carbocycles. The molecule has 2 atom stereocenters. The lowest BCUT2D eigenvalue weighted by Crippen LogP contribution is -2.55. The van der Waals surface area contributed by atoms with E-state index in [0.717, 1.165) is 0 Å². The van der Waals surface area contributed by atoms with Crippen LogP contribution in [0, 0.1) is 11.8 Å². The number of rotatable bonds is 3. The van der Waals surface area contributed by atoms with E-state index in [-0.39, 0.29) is 21.9 Å². The molecule has 9 nitrogen and oxygen atoms in total. The molecule has 0 bridgehead atoms. The van der Waals surface area contributed by atoms with Gasteiger partial charge in [-0.1, -0.05) is 6.07 Å². The third kappa shape index (κ3) is 3.23. The summed E-state index contributed by atoms with van der Waals surface area (Å²) < 4.78 is 0. The Labute approximate surface area is 153 Å². The zero-order chi connectivity index (χ0) is 18.1. The van der Waals surface area contributed by atoms with Crippen molar-refractivity contribution in [1.82, 2.24) is 15.6 Å². The number of nitrogens with zero attached hydrogens (tertiary/aromatic N) is 3. The first-order valence-electron chi connectivity index (χ1n) is 7.16. The van der Waals surface area contributed by atoms with Gasteiger partial charge < -0.3 is 22.1 Å². The van der Waals surface area contributed by atoms with E-state index in [9.17, 15) is 9.59 Å². The number of amidine groups is 2. The molecule has 2 aliphatic rings. The van der Waals surface area contributed by atoms with Crippen molar-refractivity contribution in [2.75, 3.05) is 0 Å². The lowest BCUT2D eigenvalue weighted by molar-refractivity contribution is -0.124. The topological polar surface area (TPSA) is 148 Å². The number of nitrogens with one attached hydrogen (secondary N) is 2. The molecule has 3 rings (SSSR count). The van der Waals surface area contributed by atoms with Gasteiger partial charge in [0, 0.05) is 18.3 Å². The van der Waals surface area contributed by atoms with E-state index in [1.54, 1.807) is 18.3 Å². The van der Waals surface area contributed by atoms with Gasteiger partial charge in [-0.3, -0.25) is 14.6 Å². The van der Waals surface area contributed by atoms with Gasteiger partial charge in [0.25, 0.3) is 0 Å². The highest BCUT2D eigenvalue weighted by Gasteiger charge is 2.46. The smallest absolute Gasteiger partial charge is 0.237 e. The molecule has 0 spiro atoms. The monoisotopic (exact) mass is 375 g/mol. The van der Waals surface area contributed by atoms with E-state index in [4.69, 9.17) is 35.9 Å². The highest BCUT2D eigenvalue weighted by molar-refractivity contribution is 7.80. The van der Waals surface area contributed by atoms with E-state index >= 15 is 0 Å². The summed E-state index contributed by atoms with van der Waals surface area (Å²) in [4.78, 5) is 37.0. The highest BCUT2D eigenvalue weighted by atomic mass is 32.1. The average molecular weight is 375 g/mol. The Bertz CT molecular complexity index is 787. The number of nitrogens with two attached hydrogens (primary N) is 2. The Balaban J connectivity index is 2.15. The Morgan fingerprint density at radius 2 is 1.52 bits per heavy atom. The summed E-state index contributed by atoms with van der Waals surface area (Å²) in [6.07, 6.45) is 3.10. The van der Waals surface area contributed by atoms with Gasteiger partial charge in [0.15, 0.2) is 0 Å². The van der Waals surface area contributed by atoms with Crippen LogP contribution in [-0.4, -0.2) is 38.7 Å². The predicted molar refractivity (Wildman–Crippen MR) is 98.7 cm³/mol. The highest BCUT2D eigenvalue weighted by Crippen LogP contribution is 2.35. The van der Waals surface area contributed by atoms with Crippen molar-refractivity contribution < 1.29 is 9.59 Å². The number of amides is 2.